The van der Waals surface area contributed by atoms with Crippen LogP contribution in [0.25, 0.3) is 0 Å². The molecule has 0 unspecified atom stereocenters. The largest absolute Gasteiger partial charge is 0.341 e. The minimum Gasteiger partial charge on any atom is -0.341 e. The Morgan fingerprint density at radius 3 is 2.27 bits per heavy atom. The van der Waals surface area contributed by atoms with E-state index in [0.29, 0.717) is 12.8 Å². The van der Waals surface area contributed by atoms with E-state index in [1.807, 2.05) is 7.05 Å². The van der Waals surface area contributed by atoms with E-state index < -0.39 is 11.6 Å². The van der Waals surface area contributed by atoms with Crippen LogP contribution in [0.15, 0.2) is 0 Å². The molecule has 2 aliphatic carbocycles. The molecule has 3 fully saturated rings. The Balaban J connectivity index is 1.62. The molecule has 146 valence electrons. The second kappa shape index (κ2) is 7.97. The van der Waals surface area contributed by atoms with E-state index in [4.69, 9.17) is 0 Å². The molecule has 26 heavy (non-hydrogen) atoms. The van der Waals surface area contributed by atoms with Gasteiger partial charge in [-0.05, 0) is 44.4 Å². The van der Waals surface area contributed by atoms with Gasteiger partial charge in [-0.25, -0.2) is 4.79 Å². The topological polar surface area (TPSA) is 69.7 Å². The fourth-order valence-corrected chi connectivity index (χ4v) is 4.75. The number of nitrogens with zero attached hydrogens (tertiary/aromatic N) is 2. The molecule has 0 aromatic heterocycles. The molecule has 3 aliphatic rings. The van der Waals surface area contributed by atoms with E-state index in [2.05, 4.69) is 12.2 Å². The van der Waals surface area contributed by atoms with Crippen LogP contribution in [0, 0.1) is 5.92 Å². The second-order valence-electron chi connectivity index (χ2n) is 8.59. The van der Waals surface area contributed by atoms with Crippen molar-refractivity contribution in [2.45, 2.75) is 89.1 Å². The maximum absolute atomic E-state index is 13.0. The van der Waals surface area contributed by atoms with Crippen LogP contribution in [0.4, 0.5) is 4.79 Å². The number of hydrogen-bond donors (Lipinski definition) is 1. The normalized spacial score (nSPS) is 29.2. The molecule has 1 saturated heterocycles. The van der Waals surface area contributed by atoms with Crippen LogP contribution in [0.3, 0.4) is 0 Å². The van der Waals surface area contributed by atoms with Crippen molar-refractivity contribution in [3.8, 4) is 0 Å². The van der Waals surface area contributed by atoms with Gasteiger partial charge in [-0.15, -0.1) is 0 Å². The lowest BCUT2D eigenvalue weighted by molar-refractivity contribution is -0.140. The average molecular weight is 364 g/mol. The first-order chi connectivity index (χ1) is 12.4. The standard InChI is InChI=1S/C20H33N3O3/c1-15-8-10-16(11-9-15)22(2)17(24)14-23-18(25)20(21-19(23)26)12-6-4-3-5-7-13-20/h15-16H,3-14H2,1-2H3,(H,21,26). The molecule has 4 amide bonds. The summed E-state index contributed by atoms with van der Waals surface area (Å²) in [4.78, 5) is 41.1. The first-order valence-electron chi connectivity index (χ1n) is 10.3. The number of imide groups is 1. The van der Waals surface area contributed by atoms with Crippen molar-refractivity contribution in [1.82, 2.24) is 15.1 Å². The molecule has 1 spiro atoms. The summed E-state index contributed by atoms with van der Waals surface area (Å²) < 4.78 is 0. The van der Waals surface area contributed by atoms with Gasteiger partial charge in [0.25, 0.3) is 5.91 Å². The molecule has 1 N–H and O–H groups in total. The Morgan fingerprint density at radius 2 is 1.65 bits per heavy atom. The molecular formula is C20H33N3O3. The Kier molecular flexibility index (Phi) is 5.88. The van der Waals surface area contributed by atoms with Crippen molar-refractivity contribution in [1.29, 1.82) is 0 Å². The van der Waals surface area contributed by atoms with Crippen molar-refractivity contribution in [3.63, 3.8) is 0 Å². The third-order valence-corrected chi connectivity index (χ3v) is 6.67. The summed E-state index contributed by atoms with van der Waals surface area (Å²) in [6.45, 7) is 2.12. The average Bonchev–Trinajstić information content (AvgIpc) is 2.83. The molecule has 0 aromatic carbocycles. The number of likely N-dealkylation sites (N-methyl/N-ethyl adjacent to an activating group) is 1. The molecular weight excluding hydrogens is 330 g/mol. The Hall–Kier alpha value is -1.59. The summed E-state index contributed by atoms with van der Waals surface area (Å²) in [7, 11) is 1.81. The maximum Gasteiger partial charge on any atom is 0.325 e. The predicted molar refractivity (Wildman–Crippen MR) is 99.5 cm³/mol. The van der Waals surface area contributed by atoms with Crippen LogP contribution in [0.2, 0.25) is 0 Å². The summed E-state index contributed by atoms with van der Waals surface area (Å²) in [6, 6.07) is -0.163. The van der Waals surface area contributed by atoms with Crippen molar-refractivity contribution in [3.05, 3.63) is 0 Å². The van der Waals surface area contributed by atoms with Gasteiger partial charge in [-0.2, -0.15) is 0 Å². The van der Waals surface area contributed by atoms with Gasteiger partial charge in [0.05, 0.1) is 0 Å². The quantitative estimate of drug-likeness (QED) is 0.784. The number of urea groups is 1. The minimum absolute atomic E-state index is 0.129. The zero-order chi connectivity index (χ0) is 18.7. The van der Waals surface area contributed by atoms with E-state index >= 15 is 0 Å². The van der Waals surface area contributed by atoms with Gasteiger partial charge < -0.3 is 10.2 Å². The molecule has 0 aromatic rings. The number of rotatable bonds is 3. The minimum atomic E-state index is -0.767. The number of carbonyl (C=O) groups is 3. The monoisotopic (exact) mass is 363 g/mol. The highest BCUT2D eigenvalue weighted by molar-refractivity contribution is 6.09. The lowest BCUT2D eigenvalue weighted by Crippen LogP contribution is -2.49. The molecule has 1 heterocycles. The van der Waals surface area contributed by atoms with E-state index in [1.165, 1.54) is 6.42 Å². The Bertz CT molecular complexity index is 547. The van der Waals surface area contributed by atoms with Crippen molar-refractivity contribution in [2.24, 2.45) is 5.92 Å². The summed E-state index contributed by atoms with van der Waals surface area (Å²) in [6.07, 6.45) is 11.0. The summed E-state index contributed by atoms with van der Waals surface area (Å²) >= 11 is 0. The third-order valence-electron chi connectivity index (χ3n) is 6.67. The molecule has 6 heteroatoms. The van der Waals surface area contributed by atoms with Crippen LogP contribution in [0.1, 0.15) is 77.6 Å². The maximum atomic E-state index is 13.0. The Labute approximate surface area is 156 Å². The molecule has 0 bridgehead atoms. The van der Waals surface area contributed by atoms with Crippen molar-refractivity contribution < 1.29 is 14.4 Å². The zero-order valence-corrected chi connectivity index (χ0v) is 16.3. The van der Waals surface area contributed by atoms with Crippen LogP contribution >= 0.6 is 0 Å². The van der Waals surface area contributed by atoms with E-state index in [0.717, 1.165) is 62.2 Å². The molecule has 1 aliphatic heterocycles. The predicted octanol–water partition coefficient (Wildman–Crippen LogP) is 3.06. The Morgan fingerprint density at radius 1 is 1.08 bits per heavy atom. The fraction of sp³-hybridized carbons (Fsp3) is 0.850. The number of carbonyl (C=O) groups excluding carboxylic acids is 3. The lowest BCUT2D eigenvalue weighted by atomic mass is 9.84. The van der Waals surface area contributed by atoms with Gasteiger partial charge in [0.2, 0.25) is 5.91 Å². The van der Waals surface area contributed by atoms with Crippen LogP contribution in [-0.4, -0.2) is 52.8 Å². The van der Waals surface area contributed by atoms with Crippen LogP contribution < -0.4 is 5.32 Å². The highest BCUT2D eigenvalue weighted by Crippen LogP contribution is 2.32. The van der Waals surface area contributed by atoms with Gasteiger partial charge in [0.15, 0.2) is 0 Å². The molecule has 0 radical (unpaired) electrons. The number of hydrogen-bond acceptors (Lipinski definition) is 3. The van der Waals surface area contributed by atoms with Gasteiger partial charge in [0.1, 0.15) is 12.1 Å². The highest BCUT2D eigenvalue weighted by atomic mass is 16.2. The van der Waals surface area contributed by atoms with Gasteiger partial charge >= 0.3 is 6.03 Å². The fourth-order valence-electron chi connectivity index (χ4n) is 4.75. The zero-order valence-electron chi connectivity index (χ0n) is 16.3. The smallest absolute Gasteiger partial charge is 0.325 e. The molecule has 0 atom stereocenters. The lowest BCUT2D eigenvalue weighted by Gasteiger charge is -2.34. The van der Waals surface area contributed by atoms with Crippen molar-refractivity contribution in [2.75, 3.05) is 13.6 Å². The van der Waals surface area contributed by atoms with Gasteiger partial charge in [0, 0.05) is 13.1 Å². The number of amides is 4. The summed E-state index contributed by atoms with van der Waals surface area (Å²) in [5.41, 5.74) is -0.767. The van der Waals surface area contributed by atoms with Crippen LogP contribution in [-0.2, 0) is 9.59 Å². The molecule has 6 nitrogen and oxygen atoms in total. The molecule has 3 rings (SSSR count). The SMILES string of the molecule is CC1CCC(N(C)C(=O)CN2C(=O)NC3(CCCCCCC3)C2=O)CC1. The highest BCUT2D eigenvalue weighted by Gasteiger charge is 2.51. The van der Waals surface area contributed by atoms with E-state index in [9.17, 15) is 14.4 Å². The van der Waals surface area contributed by atoms with Crippen LogP contribution in [0.5, 0.6) is 0 Å². The van der Waals surface area contributed by atoms with Gasteiger partial charge in [-0.1, -0.05) is 39.0 Å². The second-order valence-corrected chi connectivity index (χ2v) is 8.59. The van der Waals surface area contributed by atoms with E-state index in [-0.39, 0.29) is 24.4 Å². The van der Waals surface area contributed by atoms with Gasteiger partial charge in [-0.3, -0.25) is 14.5 Å². The van der Waals surface area contributed by atoms with E-state index in [1.54, 1.807) is 4.90 Å². The first-order valence-corrected chi connectivity index (χ1v) is 10.3. The van der Waals surface area contributed by atoms with Crippen molar-refractivity contribution >= 4 is 17.8 Å². The number of nitrogens with one attached hydrogen (secondary N) is 1. The third kappa shape index (κ3) is 3.89. The summed E-state index contributed by atoms with van der Waals surface area (Å²) in [5, 5.41) is 2.93. The first kappa shape index (κ1) is 19.2. The molecule has 2 saturated carbocycles. The summed E-state index contributed by atoms with van der Waals surface area (Å²) in [5.74, 6) is 0.402.